The van der Waals surface area contributed by atoms with E-state index in [0.717, 1.165) is 0 Å². The van der Waals surface area contributed by atoms with Gasteiger partial charge in [-0.1, -0.05) is 12.1 Å². The van der Waals surface area contributed by atoms with Crippen molar-refractivity contribution in [3.63, 3.8) is 0 Å². The number of aromatic carboxylic acids is 1. The van der Waals surface area contributed by atoms with Gasteiger partial charge in [-0.25, -0.2) is 0 Å². The summed E-state index contributed by atoms with van der Waals surface area (Å²) in [6, 6.07) is 18.4. The van der Waals surface area contributed by atoms with Crippen LogP contribution in [0.3, 0.4) is 0 Å². The molecule has 0 aliphatic heterocycles. The molecule has 0 radical (unpaired) electrons. The highest BCUT2D eigenvalue weighted by atomic mass is 16.5. The van der Waals surface area contributed by atoms with Gasteiger partial charge in [-0.15, -0.1) is 0 Å². The minimum atomic E-state index is -1.28. The molecular weight excluding hydrogens is 382 g/mol. The molecule has 0 saturated heterocycles. The van der Waals surface area contributed by atoms with Crippen LogP contribution < -0.4 is 15.2 Å². The first-order valence-corrected chi connectivity index (χ1v) is 9.17. The van der Waals surface area contributed by atoms with E-state index in [1.165, 1.54) is 18.2 Å². The van der Waals surface area contributed by atoms with Crippen molar-refractivity contribution in [2.45, 2.75) is 6.92 Å². The molecule has 0 bridgehead atoms. The number of carbonyl (C=O) groups is 2. The summed E-state index contributed by atoms with van der Waals surface area (Å²) in [5, 5.41) is 23.3. The van der Waals surface area contributed by atoms with E-state index < -0.39 is 11.9 Å². The zero-order valence-corrected chi connectivity index (χ0v) is 16.2. The Morgan fingerprint density at radius 2 is 1.93 bits per heavy atom. The average molecular weight is 400 g/mol. The molecule has 1 amide bonds. The van der Waals surface area contributed by atoms with E-state index in [4.69, 9.17) is 4.74 Å². The zero-order chi connectivity index (χ0) is 21.5. The molecule has 3 rings (SSSR count). The lowest BCUT2D eigenvalue weighted by Crippen LogP contribution is -2.22. The van der Waals surface area contributed by atoms with E-state index >= 15 is 0 Å². The van der Waals surface area contributed by atoms with Crippen LogP contribution in [0.25, 0.3) is 11.8 Å². The van der Waals surface area contributed by atoms with Crippen LogP contribution in [-0.4, -0.2) is 23.1 Å². The van der Waals surface area contributed by atoms with Crippen LogP contribution in [0, 0.1) is 11.3 Å². The second kappa shape index (κ2) is 9.26. The third kappa shape index (κ3) is 4.75. The average Bonchev–Trinajstić information content (AvgIpc) is 3.22. The normalized spacial score (nSPS) is 10.9. The van der Waals surface area contributed by atoms with Gasteiger partial charge in [-0.3, -0.25) is 4.79 Å². The lowest BCUT2D eigenvalue weighted by atomic mass is 10.2. The highest BCUT2D eigenvalue weighted by Crippen LogP contribution is 2.19. The van der Waals surface area contributed by atoms with Crippen molar-refractivity contribution in [3.8, 4) is 17.5 Å². The third-order valence-corrected chi connectivity index (χ3v) is 4.22. The Balaban J connectivity index is 1.84. The van der Waals surface area contributed by atoms with E-state index in [-0.39, 0.29) is 11.1 Å². The van der Waals surface area contributed by atoms with Gasteiger partial charge in [0.05, 0.1) is 12.6 Å². The van der Waals surface area contributed by atoms with Crippen LogP contribution >= 0.6 is 0 Å². The molecular formula is C23H18N3O4-. The number of carbonyl (C=O) groups excluding carboxylic acids is 2. The molecule has 0 aliphatic carbocycles. The molecule has 7 nitrogen and oxygen atoms in total. The third-order valence-electron chi connectivity index (χ3n) is 4.22. The van der Waals surface area contributed by atoms with Crippen molar-refractivity contribution >= 4 is 23.6 Å². The van der Waals surface area contributed by atoms with Crippen molar-refractivity contribution in [2.75, 3.05) is 11.9 Å². The first kappa shape index (κ1) is 20.4. The number of hydrogen-bond acceptors (Lipinski definition) is 5. The fourth-order valence-corrected chi connectivity index (χ4v) is 2.83. The SMILES string of the molecule is CCOc1ccc(NC(=O)/C(C#N)=C/c2cccn2-c2cccc(C(=O)[O-])c2)cc1. The molecule has 1 heterocycles. The predicted molar refractivity (Wildman–Crippen MR) is 110 cm³/mol. The molecule has 0 spiro atoms. The Morgan fingerprint density at radius 1 is 1.17 bits per heavy atom. The second-order valence-corrected chi connectivity index (χ2v) is 6.22. The summed E-state index contributed by atoms with van der Waals surface area (Å²) < 4.78 is 7.04. The van der Waals surface area contributed by atoms with Gasteiger partial charge >= 0.3 is 0 Å². The maximum atomic E-state index is 12.5. The van der Waals surface area contributed by atoms with Crippen LogP contribution in [-0.2, 0) is 4.79 Å². The van der Waals surface area contributed by atoms with E-state index in [1.54, 1.807) is 59.3 Å². The summed E-state index contributed by atoms with van der Waals surface area (Å²) in [6.07, 6.45) is 3.15. The summed E-state index contributed by atoms with van der Waals surface area (Å²) in [5.41, 5.74) is 1.58. The number of rotatable bonds is 7. The lowest BCUT2D eigenvalue weighted by Gasteiger charge is -2.10. The molecule has 7 heteroatoms. The van der Waals surface area contributed by atoms with E-state index in [0.29, 0.717) is 29.4 Å². The molecule has 2 aromatic carbocycles. The van der Waals surface area contributed by atoms with Crippen molar-refractivity contribution in [2.24, 2.45) is 0 Å². The van der Waals surface area contributed by atoms with Gasteiger partial charge in [0.1, 0.15) is 17.4 Å². The van der Waals surface area contributed by atoms with Crippen molar-refractivity contribution in [3.05, 3.63) is 83.7 Å². The maximum absolute atomic E-state index is 12.5. The first-order chi connectivity index (χ1) is 14.5. The fraction of sp³-hybridized carbons (Fsp3) is 0.0870. The smallest absolute Gasteiger partial charge is 0.266 e. The highest BCUT2D eigenvalue weighted by molar-refractivity contribution is 6.09. The second-order valence-electron chi connectivity index (χ2n) is 6.22. The van der Waals surface area contributed by atoms with Gasteiger partial charge in [0.15, 0.2) is 0 Å². The number of amides is 1. The number of carboxylic acid groups (broad SMARTS) is 1. The van der Waals surface area contributed by atoms with E-state index in [2.05, 4.69) is 5.32 Å². The van der Waals surface area contributed by atoms with E-state index in [9.17, 15) is 20.0 Å². The van der Waals surface area contributed by atoms with E-state index in [1.807, 2.05) is 13.0 Å². The summed E-state index contributed by atoms with van der Waals surface area (Å²) in [5.74, 6) is -1.16. The topological polar surface area (TPSA) is 107 Å². The number of benzene rings is 2. The highest BCUT2D eigenvalue weighted by Gasteiger charge is 2.12. The number of aromatic nitrogens is 1. The van der Waals surface area contributed by atoms with Crippen LogP contribution in [0.2, 0.25) is 0 Å². The minimum absolute atomic E-state index is 0.0323. The summed E-state index contributed by atoms with van der Waals surface area (Å²) in [6.45, 7) is 2.42. The number of nitrogens with zero attached hydrogens (tertiary/aromatic N) is 2. The standard InChI is InChI=1S/C23H19N3O4/c1-2-30-21-10-8-18(9-11-21)25-22(27)17(15-24)14-20-7-4-12-26(20)19-6-3-5-16(13-19)23(28)29/h3-14H,2H2,1H3,(H,25,27)(H,28,29)/p-1/b17-14+. The summed E-state index contributed by atoms with van der Waals surface area (Å²) in [7, 11) is 0. The zero-order valence-electron chi connectivity index (χ0n) is 16.2. The van der Waals surface area contributed by atoms with Crippen LogP contribution in [0.1, 0.15) is 23.0 Å². The van der Waals surface area contributed by atoms with Gasteiger partial charge in [-0.05, 0) is 67.1 Å². The molecule has 0 saturated carbocycles. The molecule has 3 aromatic rings. The van der Waals surface area contributed by atoms with Gasteiger partial charge < -0.3 is 24.5 Å². The van der Waals surface area contributed by atoms with Crippen molar-refractivity contribution < 1.29 is 19.4 Å². The summed E-state index contributed by atoms with van der Waals surface area (Å²) >= 11 is 0. The summed E-state index contributed by atoms with van der Waals surface area (Å²) in [4.78, 5) is 23.7. The largest absolute Gasteiger partial charge is 0.545 e. The number of anilines is 1. The van der Waals surface area contributed by atoms with Gasteiger partial charge in [-0.2, -0.15) is 5.26 Å². The molecule has 0 unspecified atom stereocenters. The molecule has 30 heavy (non-hydrogen) atoms. The fourth-order valence-electron chi connectivity index (χ4n) is 2.83. The van der Waals surface area contributed by atoms with Gasteiger partial charge in [0.2, 0.25) is 0 Å². The Kier molecular flexibility index (Phi) is 6.30. The Labute approximate surface area is 173 Å². The quantitative estimate of drug-likeness (QED) is 0.485. The Morgan fingerprint density at radius 3 is 2.60 bits per heavy atom. The number of nitriles is 1. The lowest BCUT2D eigenvalue weighted by molar-refractivity contribution is -0.255. The predicted octanol–water partition coefficient (Wildman–Crippen LogP) is 2.79. The molecule has 1 N–H and O–H groups in total. The monoisotopic (exact) mass is 400 g/mol. The number of carboxylic acids is 1. The number of ether oxygens (including phenoxy) is 1. The van der Waals surface area contributed by atoms with Crippen molar-refractivity contribution in [1.29, 1.82) is 5.26 Å². The van der Waals surface area contributed by atoms with Gasteiger partial charge in [0, 0.05) is 23.3 Å². The van der Waals surface area contributed by atoms with Crippen LogP contribution in [0.4, 0.5) is 5.69 Å². The Bertz CT molecular complexity index is 1140. The van der Waals surface area contributed by atoms with Crippen LogP contribution in [0.5, 0.6) is 5.75 Å². The minimum Gasteiger partial charge on any atom is -0.545 e. The van der Waals surface area contributed by atoms with Crippen LogP contribution in [0.15, 0.2) is 72.4 Å². The molecule has 1 aromatic heterocycles. The molecule has 0 fully saturated rings. The number of nitrogens with one attached hydrogen (secondary N) is 1. The number of hydrogen-bond donors (Lipinski definition) is 1. The van der Waals surface area contributed by atoms with Crippen molar-refractivity contribution in [1.82, 2.24) is 4.57 Å². The molecule has 0 atom stereocenters. The molecule has 0 aliphatic rings. The first-order valence-electron chi connectivity index (χ1n) is 9.17. The Hall–Kier alpha value is -4.31. The molecule has 150 valence electrons. The maximum Gasteiger partial charge on any atom is 0.266 e. The van der Waals surface area contributed by atoms with Gasteiger partial charge in [0.25, 0.3) is 5.91 Å².